The smallest absolute Gasteiger partial charge is 0.407 e. The fraction of sp³-hybridized carbons (Fsp3) is 0.391. The van der Waals surface area contributed by atoms with Crippen molar-refractivity contribution in [2.45, 2.75) is 51.7 Å². The lowest BCUT2D eigenvalue weighted by Crippen LogP contribution is -2.43. The molecule has 0 unspecified atom stereocenters. The third kappa shape index (κ3) is 8.97. The van der Waals surface area contributed by atoms with Crippen molar-refractivity contribution >= 4 is 29.6 Å². The average molecular weight is 478 g/mol. The second-order valence-electron chi connectivity index (χ2n) is 8.47. The average Bonchev–Trinajstić information content (AvgIpc) is 2.68. The van der Waals surface area contributed by atoms with Gasteiger partial charge in [0, 0.05) is 23.7 Å². The minimum absolute atomic E-state index is 0.0572. The zero-order valence-corrected chi connectivity index (χ0v) is 19.5. The number of nitrogens with one attached hydrogen (secondary N) is 3. The number of carbonyl (C=O) groups is 3. The number of alkyl carbamates (subject to hydrolysis) is 1. The lowest BCUT2D eigenvalue weighted by Gasteiger charge is -2.20. The molecule has 0 bridgehead atoms. The number of benzene rings is 1. The Balaban J connectivity index is 1.93. The Bertz CT molecular complexity index is 1060. The minimum Gasteiger partial charge on any atom is -0.480 e. The highest BCUT2D eigenvalue weighted by atomic mass is 35.5. The Morgan fingerprint density at radius 2 is 1.91 bits per heavy atom. The highest BCUT2D eigenvalue weighted by Gasteiger charge is 2.22. The lowest BCUT2D eigenvalue weighted by molar-refractivity contribution is -0.139. The van der Waals surface area contributed by atoms with E-state index in [-0.39, 0.29) is 24.9 Å². The molecular formula is C23H28ClN3O6. The molecule has 178 valence electrons. The molecule has 1 aromatic carbocycles. The Morgan fingerprint density at radius 3 is 2.52 bits per heavy atom. The standard InChI is InChI=1S/C23H28ClN3O6/c1-23(2,3)33-22(32)25-11-5-8-18(21(30)31)27-20(29)17-10-9-16(26-19(17)28)13-14-6-4-7-15(24)12-14/h4,6-7,9-10,12,18H,5,8,11,13H2,1-3H3,(H,25,32)(H,26,28)(H,27,29)(H,30,31)/t18-/m0/s1. The Morgan fingerprint density at radius 1 is 1.18 bits per heavy atom. The lowest BCUT2D eigenvalue weighted by atomic mass is 10.1. The molecule has 2 rings (SSSR count). The summed E-state index contributed by atoms with van der Waals surface area (Å²) < 4.78 is 5.10. The fourth-order valence-electron chi connectivity index (χ4n) is 2.97. The first-order valence-electron chi connectivity index (χ1n) is 10.4. The topological polar surface area (TPSA) is 138 Å². The van der Waals surface area contributed by atoms with E-state index in [2.05, 4.69) is 15.6 Å². The molecule has 0 saturated heterocycles. The molecule has 1 atom stereocenters. The van der Waals surface area contributed by atoms with Crippen LogP contribution in [0.2, 0.25) is 5.02 Å². The second-order valence-corrected chi connectivity index (χ2v) is 8.90. The summed E-state index contributed by atoms with van der Waals surface area (Å²) >= 11 is 5.97. The molecule has 0 saturated carbocycles. The number of aliphatic carboxylic acids is 1. The molecule has 1 aromatic heterocycles. The van der Waals surface area contributed by atoms with Crippen LogP contribution in [-0.4, -0.2) is 46.2 Å². The third-order valence-electron chi connectivity index (χ3n) is 4.44. The highest BCUT2D eigenvalue weighted by Crippen LogP contribution is 2.13. The van der Waals surface area contributed by atoms with Crippen LogP contribution >= 0.6 is 11.6 Å². The number of hydrogen-bond donors (Lipinski definition) is 4. The number of halogens is 1. The van der Waals surface area contributed by atoms with Crippen molar-refractivity contribution in [1.29, 1.82) is 0 Å². The molecule has 33 heavy (non-hydrogen) atoms. The number of carboxylic acid groups (broad SMARTS) is 1. The number of amides is 2. The summed E-state index contributed by atoms with van der Waals surface area (Å²) in [4.78, 5) is 50.7. The molecule has 2 amide bonds. The van der Waals surface area contributed by atoms with Crippen LogP contribution in [-0.2, 0) is 16.0 Å². The van der Waals surface area contributed by atoms with Gasteiger partial charge in [0.25, 0.3) is 11.5 Å². The summed E-state index contributed by atoms with van der Waals surface area (Å²) in [7, 11) is 0. The quantitative estimate of drug-likeness (QED) is 0.409. The van der Waals surface area contributed by atoms with Gasteiger partial charge in [0.15, 0.2) is 0 Å². The molecule has 0 fully saturated rings. The van der Waals surface area contributed by atoms with Crippen molar-refractivity contribution in [3.63, 3.8) is 0 Å². The SMILES string of the molecule is CC(C)(C)OC(=O)NCCC[C@H](NC(=O)c1ccc(Cc2cccc(Cl)c2)[nH]c1=O)C(=O)O. The number of hydrogen-bond acceptors (Lipinski definition) is 5. The van der Waals surface area contributed by atoms with Crippen LogP contribution in [0.25, 0.3) is 0 Å². The molecule has 0 aliphatic heterocycles. The van der Waals surface area contributed by atoms with E-state index < -0.39 is 35.2 Å². The number of aromatic amines is 1. The minimum atomic E-state index is -1.24. The number of carboxylic acids is 1. The zero-order chi connectivity index (χ0) is 24.6. The number of rotatable bonds is 9. The summed E-state index contributed by atoms with van der Waals surface area (Å²) in [6, 6.07) is 8.91. The monoisotopic (exact) mass is 477 g/mol. The van der Waals surface area contributed by atoms with Gasteiger partial charge >= 0.3 is 12.1 Å². The van der Waals surface area contributed by atoms with E-state index in [9.17, 15) is 24.3 Å². The van der Waals surface area contributed by atoms with Crippen LogP contribution in [0.5, 0.6) is 0 Å². The maximum absolute atomic E-state index is 12.5. The van der Waals surface area contributed by atoms with Crippen molar-refractivity contribution in [2.75, 3.05) is 6.54 Å². The fourth-order valence-corrected chi connectivity index (χ4v) is 3.18. The Labute approximate surface area is 196 Å². The van der Waals surface area contributed by atoms with Gasteiger partial charge in [-0.15, -0.1) is 0 Å². The summed E-state index contributed by atoms with van der Waals surface area (Å²) in [5, 5.41) is 14.9. The summed E-state index contributed by atoms with van der Waals surface area (Å²) in [6.45, 7) is 5.36. The number of ether oxygens (including phenoxy) is 1. The molecule has 1 heterocycles. The zero-order valence-electron chi connectivity index (χ0n) is 18.7. The molecule has 0 spiro atoms. The van der Waals surface area contributed by atoms with Gasteiger partial charge in [-0.3, -0.25) is 9.59 Å². The van der Waals surface area contributed by atoms with Crippen LogP contribution in [0.15, 0.2) is 41.2 Å². The number of H-pyrrole nitrogens is 1. The van der Waals surface area contributed by atoms with Gasteiger partial charge in [0.2, 0.25) is 0 Å². The summed E-state index contributed by atoms with van der Waals surface area (Å²) in [6.07, 6.45) is 0.149. The third-order valence-corrected chi connectivity index (χ3v) is 4.67. The van der Waals surface area contributed by atoms with Crippen molar-refractivity contribution in [2.24, 2.45) is 0 Å². The molecular weight excluding hydrogens is 450 g/mol. The molecule has 4 N–H and O–H groups in total. The van der Waals surface area contributed by atoms with Gasteiger partial charge in [-0.25, -0.2) is 9.59 Å². The van der Waals surface area contributed by atoms with Crippen molar-refractivity contribution in [1.82, 2.24) is 15.6 Å². The first-order valence-corrected chi connectivity index (χ1v) is 10.8. The van der Waals surface area contributed by atoms with Gasteiger partial charge in [0.1, 0.15) is 17.2 Å². The maximum atomic E-state index is 12.5. The van der Waals surface area contributed by atoms with Gasteiger partial charge < -0.3 is 25.5 Å². The molecule has 10 heteroatoms. The van der Waals surface area contributed by atoms with E-state index in [0.717, 1.165) is 5.56 Å². The normalized spacial score (nSPS) is 12.0. The summed E-state index contributed by atoms with van der Waals surface area (Å²) in [5.74, 6) is -2.03. The first kappa shape index (κ1) is 25.9. The van der Waals surface area contributed by atoms with Gasteiger partial charge in [-0.05, 0) is 63.4 Å². The summed E-state index contributed by atoms with van der Waals surface area (Å²) in [5.41, 5.74) is 0.0205. The number of aromatic nitrogens is 1. The van der Waals surface area contributed by atoms with Crippen molar-refractivity contribution in [3.8, 4) is 0 Å². The molecule has 0 aliphatic carbocycles. The van der Waals surface area contributed by atoms with Crippen molar-refractivity contribution < 1.29 is 24.2 Å². The second kappa shape index (κ2) is 11.5. The maximum Gasteiger partial charge on any atom is 0.407 e. The number of carbonyl (C=O) groups excluding carboxylic acids is 2. The number of pyridine rings is 1. The van der Waals surface area contributed by atoms with E-state index in [4.69, 9.17) is 16.3 Å². The molecule has 2 aromatic rings. The molecule has 9 nitrogen and oxygen atoms in total. The van der Waals surface area contributed by atoms with E-state index >= 15 is 0 Å². The first-order chi connectivity index (χ1) is 15.4. The Hall–Kier alpha value is -3.33. The molecule has 0 aliphatic rings. The van der Waals surface area contributed by atoms with Crippen LogP contribution < -0.4 is 16.2 Å². The van der Waals surface area contributed by atoms with Crippen LogP contribution in [0.3, 0.4) is 0 Å². The van der Waals surface area contributed by atoms with E-state index in [1.807, 2.05) is 6.07 Å². The van der Waals surface area contributed by atoms with E-state index in [1.165, 1.54) is 6.07 Å². The van der Waals surface area contributed by atoms with Gasteiger partial charge in [0.05, 0.1) is 0 Å². The van der Waals surface area contributed by atoms with Crippen LogP contribution in [0, 0.1) is 0 Å². The predicted molar refractivity (Wildman–Crippen MR) is 124 cm³/mol. The largest absolute Gasteiger partial charge is 0.480 e. The molecule has 0 radical (unpaired) electrons. The van der Waals surface area contributed by atoms with E-state index in [0.29, 0.717) is 17.1 Å². The van der Waals surface area contributed by atoms with E-state index in [1.54, 1.807) is 45.0 Å². The Kier molecular flexibility index (Phi) is 9.04. The predicted octanol–water partition coefficient (Wildman–Crippen LogP) is 3.11. The van der Waals surface area contributed by atoms with Gasteiger partial charge in [-0.1, -0.05) is 23.7 Å². The van der Waals surface area contributed by atoms with Crippen molar-refractivity contribution in [3.05, 3.63) is 68.6 Å². The van der Waals surface area contributed by atoms with Gasteiger partial charge in [-0.2, -0.15) is 0 Å². The van der Waals surface area contributed by atoms with Crippen LogP contribution in [0.1, 0.15) is 55.2 Å². The highest BCUT2D eigenvalue weighted by molar-refractivity contribution is 6.30. The van der Waals surface area contributed by atoms with Crippen LogP contribution in [0.4, 0.5) is 4.79 Å².